The lowest BCUT2D eigenvalue weighted by Crippen LogP contribution is -2.45. The molecule has 2 amide bonds. The maximum Gasteiger partial charge on any atom is 0.317 e. The average Bonchev–Trinajstić information content (AvgIpc) is 3.01. The van der Waals surface area contributed by atoms with Gasteiger partial charge in [0.25, 0.3) is 0 Å². The van der Waals surface area contributed by atoms with Gasteiger partial charge in [0, 0.05) is 46.9 Å². The first-order chi connectivity index (χ1) is 11.3. The van der Waals surface area contributed by atoms with Crippen LogP contribution in [0.25, 0.3) is 0 Å². The number of pyridine rings is 1. The molecule has 1 aliphatic heterocycles. The summed E-state index contributed by atoms with van der Waals surface area (Å²) in [6, 6.07) is 3.69. The largest absolute Gasteiger partial charge is 0.485 e. The minimum absolute atomic E-state index is 0.0194. The van der Waals surface area contributed by atoms with Gasteiger partial charge in [-0.2, -0.15) is 0 Å². The molecule has 1 aliphatic rings. The predicted octanol–water partition coefficient (Wildman–Crippen LogP) is 1.74. The lowest BCUT2D eigenvalue weighted by Gasteiger charge is -2.25. The van der Waals surface area contributed by atoms with E-state index in [2.05, 4.69) is 10.3 Å². The Labute approximate surface area is 143 Å². The first-order valence-corrected chi connectivity index (χ1v) is 8.19. The molecule has 134 valence electrons. The Bertz CT molecular complexity index is 563. The number of nitrogens with one attached hydrogen (secondary N) is 1. The van der Waals surface area contributed by atoms with Crippen LogP contribution in [0.2, 0.25) is 0 Å². The van der Waals surface area contributed by atoms with Crippen molar-refractivity contribution in [1.29, 1.82) is 0 Å². The lowest BCUT2D eigenvalue weighted by atomic mass is 10.1. The van der Waals surface area contributed by atoms with Crippen LogP contribution in [-0.2, 0) is 4.74 Å². The number of aromatic nitrogens is 1. The summed E-state index contributed by atoms with van der Waals surface area (Å²) < 4.78 is 11.4. The summed E-state index contributed by atoms with van der Waals surface area (Å²) in [4.78, 5) is 20.3. The van der Waals surface area contributed by atoms with Gasteiger partial charge in [-0.3, -0.25) is 0 Å². The van der Waals surface area contributed by atoms with Crippen LogP contribution in [0.5, 0.6) is 5.75 Å². The number of carbonyl (C=O) groups excluding carboxylic acids is 1. The molecule has 0 unspecified atom stereocenters. The summed E-state index contributed by atoms with van der Waals surface area (Å²) in [5, 5.41) is 2.92. The van der Waals surface area contributed by atoms with Gasteiger partial charge in [0.2, 0.25) is 0 Å². The number of carbonyl (C=O) groups is 1. The quantitative estimate of drug-likeness (QED) is 0.857. The lowest BCUT2D eigenvalue weighted by molar-refractivity contribution is 0.0244. The molecule has 2 heterocycles. The number of ether oxygens (including phenoxy) is 2. The van der Waals surface area contributed by atoms with Gasteiger partial charge in [-0.05, 0) is 26.0 Å². The smallest absolute Gasteiger partial charge is 0.317 e. The molecule has 0 bridgehead atoms. The van der Waals surface area contributed by atoms with E-state index in [4.69, 9.17) is 9.47 Å². The van der Waals surface area contributed by atoms with Crippen molar-refractivity contribution in [2.75, 3.05) is 45.7 Å². The number of rotatable bonds is 6. The van der Waals surface area contributed by atoms with E-state index < -0.39 is 0 Å². The highest BCUT2D eigenvalue weighted by atomic mass is 16.5. The van der Waals surface area contributed by atoms with E-state index in [1.807, 2.05) is 45.0 Å². The van der Waals surface area contributed by atoms with Gasteiger partial charge >= 0.3 is 6.03 Å². The molecule has 0 radical (unpaired) electrons. The fourth-order valence-electron chi connectivity index (χ4n) is 2.47. The first kappa shape index (κ1) is 18.3. The zero-order valence-corrected chi connectivity index (χ0v) is 15.2. The van der Waals surface area contributed by atoms with Crippen LogP contribution < -0.4 is 15.0 Å². The predicted molar refractivity (Wildman–Crippen MR) is 93.7 cm³/mol. The van der Waals surface area contributed by atoms with Gasteiger partial charge in [-0.15, -0.1) is 0 Å². The molecule has 1 aromatic heterocycles. The van der Waals surface area contributed by atoms with Gasteiger partial charge in [0.1, 0.15) is 6.10 Å². The molecule has 24 heavy (non-hydrogen) atoms. The van der Waals surface area contributed by atoms with Crippen molar-refractivity contribution in [2.24, 2.45) is 0 Å². The van der Waals surface area contributed by atoms with Crippen LogP contribution >= 0.6 is 0 Å². The summed E-state index contributed by atoms with van der Waals surface area (Å²) >= 11 is 0. The van der Waals surface area contributed by atoms with E-state index in [-0.39, 0.29) is 17.7 Å². The SMILES string of the molecule is COC(C)(C)CNC(=O)N1CC[C@@H](Oc2cccnc2N(C)C)C1. The van der Waals surface area contributed by atoms with Crippen molar-refractivity contribution >= 4 is 11.8 Å². The third kappa shape index (κ3) is 4.74. The standard InChI is InChI=1S/C17H28N4O3/c1-17(2,23-5)12-19-16(22)21-10-8-13(11-21)24-14-7-6-9-18-15(14)20(3)4/h6-7,9,13H,8,10-12H2,1-5H3,(H,19,22)/t13-/m1/s1. The van der Waals surface area contributed by atoms with Crippen molar-refractivity contribution in [3.8, 4) is 5.75 Å². The van der Waals surface area contributed by atoms with Crippen molar-refractivity contribution in [1.82, 2.24) is 15.2 Å². The number of hydrogen-bond acceptors (Lipinski definition) is 5. The fraction of sp³-hybridized carbons (Fsp3) is 0.647. The number of urea groups is 1. The van der Waals surface area contributed by atoms with Crippen molar-refractivity contribution in [3.63, 3.8) is 0 Å². The van der Waals surface area contributed by atoms with Gasteiger partial charge in [-0.1, -0.05) is 0 Å². The number of anilines is 1. The molecule has 0 aromatic carbocycles. The second-order valence-corrected chi connectivity index (χ2v) is 6.82. The van der Waals surface area contributed by atoms with Crippen LogP contribution in [0.15, 0.2) is 18.3 Å². The normalized spacial score (nSPS) is 17.7. The van der Waals surface area contributed by atoms with E-state index >= 15 is 0 Å². The van der Waals surface area contributed by atoms with Crippen LogP contribution in [-0.4, -0.2) is 68.5 Å². The molecule has 0 saturated carbocycles. The summed E-state index contributed by atoms with van der Waals surface area (Å²) in [6.07, 6.45) is 2.53. The topological polar surface area (TPSA) is 66.9 Å². The number of likely N-dealkylation sites (tertiary alicyclic amines) is 1. The Balaban J connectivity index is 1.88. The molecule has 7 nitrogen and oxygen atoms in total. The van der Waals surface area contributed by atoms with Crippen LogP contribution in [0.1, 0.15) is 20.3 Å². The number of nitrogens with zero attached hydrogens (tertiary/aromatic N) is 3. The molecule has 1 atom stereocenters. The molecule has 0 spiro atoms. The molecule has 1 aromatic rings. The number of methoxy groups -OCH3 is 1. The van der Waals surface area contributed by atoms with Crippen molar-refractivity contribution in [3.05, 3.63) is 18.3 Å². The van der Waals surface area contributed by atoms with E-state index in [0.717, 1.165) is 18.0 Å². The van der Waals surface area contributed by atoms with Gasteiger partial charge in [0.05, 0.1) is 12.1 Å². The highest BCUT2D eigenvalue weighted by molar-refractivity contribution is 5.74. The van der Waals surface area contributed by atoms with Gasteiger partial charge < -0.3 is 24.6 Å². The third-order valence-corrected chi connectivity index (χ3v) is 4.12. The first-order valence-electron chi connectivity index (χ1n) is 8.19. The van der Waals surface area contributed by atoms with Crippen molar-refractivity contribution in [2.45, 2.75) is 32.0 Å². The molecule has 2 rings (SSSR count). The average molecular weight is 336 g/mol. The Morgan fingerprint density at radius 2 is 2.25 bits per heavy atom. The summed E-state index contributed by atoms with van der Waals surface area (Å²) in [5.74, 6) is 1.54. The number of amides is 2. The monoisotopic (exact) mass is 336 g/mol. The minimum Gasteiger partial charge on any atom is -0.485 e. The Morgan fingerprint density at radius 3 is 2.92 bits per heavy atom. The molecule has 0 aliphatic carbocycles. The number of hydrogen-bond donors (Lipinski definition) is 1. The molecular weight excluding hydrogens is 308 g/mol. The third-order valence-electron chi connectivity index (χ3n) is 4.12. The highest BCUT2D eigenvalue weighted by Crippen LogP contribution is 2.26. The van der Waals surface area contributed by atoms with Crippen molar-refractivity contribution < 1.29 is 14.3 Å². The zero-order chi connectivity index (χ0) is 17.7. The Hall–Kier alpha value is -2.02. The highest BCUT2D eigenvalue weighted by Gasteiger charge is 2.29. The van der Waals surface area contributed by atoms with Gasteiger partial charge in [0.15, 0.2) is 11.6 Å². The molecular formula is C17H28N4O3. The Kier molecular flexibility index (Phi) is 5.88. The minimum atomic E-state index is -0.373. The Morgan fingerprint density at radius 1 is 1.50 bits per heavy atom. The molecule has 1 fully saturated rings. The van der Waals surface area contributed by atoms with E-state index in [9.17, 15) is 4.79 Å². The van der Waals surface area contributed by atoms with E-state index in [1.54, 1.807) is 18.2 Å². The molecule has 1 N–H and O–H groups in total. The van der Waals surface area contributed by atoms with Crippen LogP contribution in [0, 0.1) is 0 Å². The van der Waals surface area contributed by atoms with E-state index in [1.165, 1.54) is 0 Å². The second-order valence-electron chi connectivity index (χ2n) is 6.82. The molecule has 1 saturated heterocycles. The summed E-state index contributed by atoms with van der Waals surface area (Å²) in [6.45, 7) is 5.60. The molecule has 7 heteroatoms. The van der Waals surface area contributed by atoms with E-state index in [0.29, 0.717) is 19.6 Å². The second kappa shape index (κ2) is 7.70. The fourth-order valence-corrected chi connectivity index (χ4v) is 2.47. The summed E-state index contributed by atoms with van der Waals surface area (Å²) in [7, 11) is 5.50. The zero-order valence-electron chi connectivity index (χ0n) is 15.2. The van der Waals surface area contributed by atoms with Crippen LogP contribution in [0.3, 0.4) is 0 Å². The maximum atomic E-state index is 12.3. The summed E-state index contributed by atoms with van der Waals surface area (Å²) in [5.41, 5.74) is -0.373. The maximum absolute atomic E-state index is 12.3. The van der Waals surface area contributed by atoms with Gasteiger partial charge in [-0.25, -0.2) is 9.78 Å². The van der Waals surface area contributed by atoms with Crippen LogP contribution in [0.4, 0.5) is 10.6 Å².